The van der Waals surface area contributed by atoms with Gasteiger partial charge in [0.2, 0.25) is 0 Å². The molecule has 14 N–H and O–H groups in total. The Labute approximate surface area is 254 Å². The third-order valence-corrected chi connectivity index (χ3v) is 8.18. The lowest BCUT2D eigenvalue weighted by Gasteiger charge is -2.48. The molecule has 0 radical (unpaired) electrons. The minimum atomic E-state index is -2.00. The predicted molar refractivity (Wildman–Crippen MR) is 134 cm³/mol. The molecule has 4 heterocycles. The fourth-order valence-corrected chi connectivity index (χ4v) is 5.44. The van der Waals surface area contributed by atoms with Crippen molar-refractivity contribution >= 4 is 0 Å². The van der Waals surface area contributed by atoms with E-state index in [1.807, 2.05) is 0 Å². The second-order valence-electron chi connectivity index (χ2n) is 11.2. The van der Waals surface area contributed by atoms with Gasteiger partial charge in [-0.2, -0.15) is 0 Å². The van der Waals surface area contributed by atoms with Gasteiger partial charge in [-0.1, -0.05) is 0 Å². The molecule has 0 aromatic rings. The Morgan fingerprint density at radius 1 is 0.378 bits per heavy atom. The van der Waals surface area contributed by atoms with Gasteiger partial charge in [0.1, 0.15) is 97.7 Å². The van der Waals surface area contributed by atoms with Gasteiger partial charge in [-0.15, -0.1) is 0 Å². The van der Waals surface area contributed by atoms with Crippen LogP contribution in [0.3, 0.4) is 0 Å². The van der Waals surface area contributed by atoms with Gasteiger partial charge in [-0.05, 0) is 0 Å². The van der Waals surface area contributed by atoms with Crippen LogP contribution in [0.2, 0.25) is 0 Å². The summed E-state index contributed by atoms with van der Waals surface area (Å²) >= 11 is 0. The van der Waals surface area contributed by atoms with Crippen molar-refractivity contribution in [1.82, 2.24) is 0 Å². The highest BCUT2D eigenvalue weighted by Gasteiger charge is 2.53. The van der Waals surface area contributed by atoms with Gasteiger partial charge in [0, 0.05) is 0 Å². The van der Waals surface area contributed by atoms with Crippen LogP contribution in [0.25, 0.3) is 0 Å². The summed E-state index contributed by atoms with van der Waals surface area (Å²) in [7, 11) is 0. The average Bonchev–Trinajstić information content (AvgIpc) is 3.03. The summed E-state index contributed by atoms with van der Waals surface area (Å²) in [5, 5.41) is 142. The summed E-state index contributed by atoms with van der Waals surface area (Å²) in [6, 6.07) is 0. The largest absolute Gasteiger partial charge is 0.394 e. The summed E-state index contributed by atoms with van der Waals surface area (Å²) in [4.78, 5) is 0. The van der Waals surface area contributed by atoms with Crippen LogP contribution in [0.4, 0.5) is 0 Å². The van der Waals surface area contributed by atoms with E-state index in [4.69, 9.17) is 33.2 Å². The van der Waals surface area contributed by atoms with E-state index in [2.05, 4.69) is 0 Å². The molecule has 4 rings (SSSR count). The molecule has 0 saturated carbocycles. The Hall–Kier alpha value is -0.840. The van der Waals surface area contributed by atoms with Crippen LogP contribution in [-0.2, 0) is 33.2 Å². The van der Waals surface area contributed by atoms with Crippen LogP contribution in [0, 0.1) is 0 Å². The number of aliphatic hydroxyl groups is 14. The number of aliphatic hydroxyl groups excluding tert-OH is 14. The van der Waals surface area contributed by atoms with E-state index in [-0.39, 0.29) is 0 Å². The zero-order valence-corrected chi connectivity index (χ0v) is 23.5. The van der Waals surface area contributed by atoms with Crippen molar-refractivity contribution in [3.63, 3.8) is 0 Å². The Morgan fingerprint density at radius 3 is 1.31 bits per heavy atom. The maximum atomic E-state index is 10.9. The number of rotatable bonds is 10. The lowest BCUT2D eigenvalue weighted by molar-refractivity contribution is -0.380. The fourth-order valence-electron chi connectivity index (χ4n) is 5.44. The van der Waals surface area contributed by atoms with Crippen LogP contribution in [-0.4, -0.2) is 221 Å². The maximum absolute atomic E-state index is 10.9. The van der Waals surface area contributed by atoms with E-state index in [1.165, 1.54) is 0 Å². The molecule has 0 aromatic carbocycles. The van der Waals surface area contributed by atoms with Crippen molar-refractivity contribution in [1.29, 1.82) is 0 Å². The molecule has 264 valence electrons. The fraction of sp³-hybridized carbons (Fsp3) is 1.00. The molecule has 0 unspecified atom stereocenters. The molecule has 45 heavy (non-hydrogen) atoms. The minimum absolute atomic E-state index is 0.683. The van der Waals surface area contributed by atoms with E-state index in [9.17, 15) is 71.5 Å². The van der Waals surface area contributed by atoms with Crippen molar-refractivity contribution < 1.29 is 105 Å². The maximum Gasteiger partial charge on any atom is 0.187 e. The average molecular weight is 667 g/mol. The van der Waals surface area contributed by atoms with Gasteiger partial charge in [-0.25, -0.2) is 0 Å². The van der Waals surface area contributed by atoms with E-state index < -0.39 is 149 Å². The Morgan fingerprint density at radius 2 is 0.778 bits per heavy atom. The van der Waals surface area contributed by atoms with Crippen LogP contribution in [0.1, 0.15) is 0 Å². The predicted octanol–water partition coefficient (Wildman–Crippen LogP) is -9.75. The molecule has 21 heteroatoms. The lowest BCUT2D eigenvalue weighted by Crippen LogP contribution is -2.66. The lowest BCUT2D eigenvalue weighted by atomic mass is 9.96. The Bertz CT molecular complexity index is 912. The molecule has 4 saturated heterocycles. The standard InChI is InChI=1S/C24H42O21/c25-1-5-9(28)11(30)16(35)22(41-5)39-4-8-10(29)12(31)17(36)23(43-8)45-20-7(3-27)42-24(18(37)14(20)33)44-19-6(2-26)40-21(38)15(34)13(19)32/h5-38H,1-4H2/t5-,6-,7-,8-,9+,10-,11+,12+,13-,14-,15+,16-,17+,18+,19-,20-,21-,22+,23-,24+/m1/s1. The molecular formula is C24H42O21. The smallest absolute Gasteiger partial charge is 0.187 e. The molecule has 4 aliphatic heterocycles. The second kappa shape index (κ2) is 15.6. The topological polar surface area (TPSA) is 348 Å². The molecule has 4 aliphatic rings. The number of ether oxygens (including phenoxy) is 7. The zero-order valence-electron chi connectivity index (χ0n) is 23.5. The van der Waals surface area contributed by atoms with Gasteiger partial charge in [0.15, 0.2) is 25.2 Å². The van der Waals surface area contributed by atoms with Gasteiger partial charge in [-0.3, -0.25) is 0 Å². The molecule has 20 atom stereocenters. The van der Waals surface area contributed by atoms with Gasteiger partial charge in [0.25, 0.3) is 0 Å². The molecule has 21 nitrogen and oxygen atoms in total. The highest BCUT2D eigenvalue weighted by molar-refractivity contribution is 4.96. The van der Waals surface area contributed by atoms with Gasteiger partial charge < -0.3 is 105 Å². The van der Waals surface area contributed by atoms with Gasteiger partial charge in [0.05, 0.1) is 26.4 Å². The SMILES string of the molecule is OC[C@H]1O[C@H](OC[C@H]2O[C@H](O[C@H]3[C@H](O)[C@H](O)[C@H](O[C@H]4[C@H](O)[C@H](O)[C@H](O)O[C@@H]4CO)O[C@@H]3CO)[C@@H](O)[C@@H](O)[C@@H]2O)[C@H](O)[C@@H](O)[C@H]1O. The van der Waals surface area contributed by atoms with E-state index in [0.717, 1.165) is 0 Å². The third-order valence-electron chi connectivity index (χ3n) is 8.18. The highest BCUT2D eigenvalue weighted by Crippen LogP contribution is 2.32. The van der Waals surface area contributed by atoms with E-state index in [1.54, 1.807) is 0 Å². The van der Waals surface area contributed by atoms with Crippen molar-refractivity contribution in [3.05, 3.63) is 0 Å². The summed E-state index contributed by atoms with van der Waals surface area (Å²) in [5.41, 5.74) is 0. The molecule has 0 bridgehead atoms. The zero-order chi connectivity index (χ0) is 33.3. The highest BCUT2D eigenvalue weighted by atomic mass is 16.8. The molecule has 0 amide bonds. The summed E-state index contributed by atoms with van der Waals surface area (Å²) in [5.74, 6) is 0. The van der Waals surface area contributed by atoms with E-state index >= 15 is 0 Å². The van der Waals surface area contributed by atoms with Gasteiger partial charge >= 0.3 is 0 Å². The second-order valence-corrected chi connectivity index (χ2v) is 11.2. The normalized spacial score (nSPS) is 52.9. The van der Waals surface area contributed by atoms with Crippen molar-refractivity contribution in [3.8, 4) is 0 Å². The van der Waals surface area contributed by atoms with Crippen molar-refractivity contribution in [2.75, 3.05) is 26.4 Å². The summed E-state index contributed by atoms with van der Waals surface area (Å²) in [6.07, 6.45) is -35.0. The van der Waals surface area contributed by atoms with Crippen LogP contribution in [0.15, 0.2) is 0 Å². The first-order valence-corrected chi connectivity index (χ1v) is 14.1. The minimum Gasteiger partial charge on any atom is -0.394 e. The van der Waals surface area contributed by atoms with Crippen LogP contribution < -0.4 is 0 Å². The monoisotopic (exact) mass is 666 g/mol. The number of hydrogen-bond acceptors (Lipinski definition) is 21. The Kier molecular flexibility index (Phi) is 12.8. The van der Waals surface area contributed by atoms with E-state index in [0.29, 0.717) is 0 Å². The molecular weight excluding hydrogens is 624 g/mol. The molecule has 0 spiro atoms. The molecule has 4 fully saturated rings. The quantitative estimate of drug-likeness (QED) is 0.103. The van der Waals surface area contributed by atoms with Crippen molar-refractivity contribution in [2.45, 2.75) is 123 Å². The summed E-state index contributed by atoms with van der Waals surface area (Å²) < 4.78 is 37.5. The van der Waals surface area contributed by atoms with Crippen LogP contribution in [0.5, 0.6) is 0 Å². The first-order chi connectivity index (χ1) is 21.2. The van der Waals surface area contributed by atoms with Crippen molar-refractivity contribution in [2.24, 2.45) is 0 Å². The molecule has 0 aromatic heterocycles. The first-order valence-electron chi connectivity index (χ1n) is 14.1. The Balaban J connectivity index is 1.41. The third kappa shape index (κ3) is 7.59. The number of hydrogen-bond donors (Lipinski definition) is 14. The van der Waals surface area contributed by atoms with Crippen LogP contribution >= 0.6 is 0 Å². The summed E-state index contributed by atoms with van der Waals surface area (Å²) in [6.45, 7) is -3.14. The molecule has 0 aliphatic carbocycles. The first kappa shape index (κ1) is 37.0.